The van der Waals surface area contributed by atoms with Crippen LogP contribution in [0.4, 0.5) is 18.9 Å². The summed E-state index contributed by atoms with van der Waals surface area (Å²) in [5.41, 5.74) is 1.12. The van der Waals surface area contributed by atoms with Crippen LogP contribution in [0.25, 0.3) is 0 Å². The molecule has 0 radical (unpaired) electrons. The van der Waals surface area contributed by atoms with Crippen molar-refractivity contribution in [2.24, 2.45) is 0 Å². The second-order valence-corrected chi connectivity index (χ2v) is 4.17. The molecule has 4 nitrogen and oxygen atoms in total. The molecular weight excluding hydrogens is 285 g/mol. The Morgan fingerprint density at radius 3 is 2.84 bits per heavy atom. The van der Waals surface area contributed by atoms with E-state index in [2.05, 4.69) is 15.0 Å². The molecular formula is C11H12ClF3N2O2. The molecule has 0 saturated heterocycles. The van der Waals surface area contributed by atoms with E-state index in [1.54, 1.807) is 13.0 Å². The fraction of sp³-hybridized carbons (Fsp3) is 0.455. The molecule has 0 aliphatic rings. The van der Waals surface area contributed by atoms with E-state index >= 15 is 0 Å². The number of aromatic nitrogens is 1. The summed E-state index contributed by atoms with van der Waals surface area (Å²) >= 11 is 5.76. The minimum Gasteiger partial charge on any atom is -0.372 e. The van der Waals surface area contributed by atoms with Gasteiger partial charge in [-0.25, -0.2) is 4.98 Å². The number of amides is 1. The second kappa shape index (κ2) is 6.72. The first-order valence-corrected chi connectivity index (χ1v) is 5.72. The first-order valence-electron chi connectivity index (χ1n) is 5.34. The van der Waals surface area contributed by atoms with E-state index < -0.39 is 18.7 Å². The van der Waals surface area contributed by atoms with Crippen LogP contribution in [0.3, 0.4) is 0 Å². The highest BCUT2D eigenvalue weighted by molar-refractivity contribution is 6.32. The first kappa shape index (κ1) is 15.7. The maximum Gasteiger partial charge on any atom is 0.411 e. The van der Waals surface area contributed by atoms with Gasteiger partial charge in [-0.15, -0.1) is 0 Å². The summed E-state index contributed by atoms with van der Waals surface area (Å²) in [6.45, 7) is 0.0840. The van der Waals surface area contributed by atoms with Crippen molar-refractivity contribution >= 4 is 23.2 Å². The third-order valence-corrected chi connectivity index (χ3v) is 2.29. The van der Waals surface area contributed by atoms with Gasteiger partial charge in [-0.3, -0.25) is 4.79 Å². The van der Waals surface area contributed by atoms with Gasteiger partial charge >= 0.3 is 6.18 Å². The number of anilines is 1. The van der Waals surface area contributed by atoms with Gasteiger partial charge in [0.05, 0.1) is 18.7 Å². The largest absolute Gasteiger partial charge is 0.411 e. The Morgan fingerprint density at radius 2 is 2.21 bits per heavy atom. The summed E-state index contributed by atoms with van der Waals surface area (Å²) < 4.78 is 39.6. The smallest absolute Gasteiger partial charge is 0.372 e. The Bertz CT molecular complexity index is 452. The topological polar surface area (TPSA) is 51.2 Å². The predicted molar refractivity (Wildman–Crippen MR) is 64.1 cm³/mol. The number of carbonyl (C=O) groups is 1. The highest BCUT2D eigenvalue weighted by Crippen LogP contribution is 2.20. The summed E-state index contributed by atoms with van der Waals surface area (Å²) in [5, 5.41) is 2.57. The third kappa shape index (κ3) is 6.40. The second-order valence-electron chi connectivity index (χ2n) is 3.82. The average Bonchev–Trinajstić information content (AvgIpc) is 2.28. The van der Waals surface area contributed by atoms with Gasteiger partial charge in [-0.05, 0) is 18.6 Å². The third-order valence-electron chi connectivity index (χ3n) is 1.99. The number of rotatable bonds is 5. The van der Waals surface area contributed by atoms with Crippen LogP contribution in [0.2, 0.25) is 5.15 Å². The molecule has 106 valence electrons. The van der Waals surface area contributed by atoms with Crippen LogP contribution in [-0.2, 0) is 9.53 Å². The lowest BCUT2D eigenvalue weighted by molar-refractivity contribution is -0.174. The molecule has 8 heteroatoms. The van der Waals surface area contributed by atoms with Gasteiger partial charge < -0.3 is 10.1 Å². The molecule has 0 unspecified atom stereocenters. The molecule has 0 saturated carbocycles. The number of nitrogens with one attached hydrogen (secondary N) is 1. The van der Waals surface area contributed by atoms with E-state index in [0.717, 1.165) is 5.56 Å². The summed E-state index contributed by atoms with van der Waals surface area (Å²) in [6, 6.07) is 1.61. The molecule has 0 aliphatic carbocycles. The van der Waals surface area contributed by atoms with Crippen LogP contribution < -0.4 is 5.32 Å². The lowest BCUT2D eigenvalue weighted by Crippen LogP contribution is -2.20. The van der Waals surface area contributed by atoms with Gasteiger partial charge in [0.25, 0.3) is 0 Å². The van der Waals surface area contributed by atoms with Crippen molar-refractivity contribution in [3.05, 3.63) is 23.0 Å². The molecule has 0 spiro atoms. The van der Waals surface area contributed by atoms with Gasteiger partial charge in [0.2, 0.25) is 5.91 Å². The van der Waals surface area contributed by atoms with Crippen molar-refractivity contribution < 1.29 is 22.7 Å². The van der Waals surface area contributed by atoms with Gasteiger partial charge in [0, 0.05) is 6.20 Å². The van der Waals surface area contributed by atoms with Crippen molar-refractivity contribution in [3.63, 3.8) is 0 Å². The molecule has 1 N–H and O–H groups in total. The fourth-order valence-corrected chi connectivity index (χ4v) is 1.36. The number of pyridine rings is 1. The van der Waals surface area contributed by atoms with E-state index in [9.17, 15) is 18.0 Å². The van der Waals surface area contributed by atoms with Crippen molar-refractivity contribution in [2.45, 2.75) is 19.5 Å². The minimum absolute atomic E-state index is 0.121. The van der Waals surface area contributed by atoms with Gasteiger partial charge in [-0.1, -0.05) is 11.6 Å². The standard InChI is InChI=1S/C11H12ClF3N2O2/c1-7-4-8(10(12)16-5-7)17-9(18)2-3-19-6-11(13,14)15/h4-5H,2-3,6H2,1H3,(H,17,18). The number of hydrogen-bond acceptors (Lipinski definition) is 3. The van der Waals surface area contributed by atoms with Crippen LogP contribution in [0.15, 0.2) is 12.3 Å². The summed E-state index contributed by atoms with van der Waals surface area (Å²) in [4.78, 5) is 15.3. The molecule has 0 aromatic carbocycles. The molecule has 1 aromatic heterocycles. The van der Waals surface area contributed by atoms with E-state index in [1.807, 2.05) is 0 Å². The summed E-state index contributed by atoms with van der Waals surface area (Å²) in [6.07, 6.45) is -3.05. The van der Waals surface area contributed by atoms with Crippen LogP contribution >= 0.6 is 11.6 Å². The monoisotopic (exact) mass is 296 g/mol. The average molecular weight is 297 g/mol. The number of alkyl halides is 3. The van der Waals surface area contributed by atoms with E-state index in [0.29, 0.717) is 5.69 Å². The highest BCUT2D eigenvalue weighted by Gasteiger charge is 2.27. The zero-order chi connectivity index (χ0) is 14.5. The quantitative estimate of drug-likeness (QED) is 0.671. The van der Waals surface area contributed by atoms with Crippen molar-refractivity contribution in [1.29, 1.82) is 0 Å². The van der Waals surface area contributed by atoms with Crippen LogP contribution in [0.1, 0.15) is 12.0 Å². The number of hydrogen-bond donors (Lipinski definition) is 1. The van der Waals surface area contributed by atoms with Gasteiger partial charge in [0.15, 0.2) is 5.15 Å². The molecule has 1 amide bonds. The van der Waals surface area contributed by atoms with Gasteiger partial charge in [0.1, 0.15) is 6.61 Å². The Kier molecular flexibility index (Phi) is 5.56. The van der Waals surface area contributed by atoms with Crippen molar-refractivity contribution in [3.8, 4) is 0 Å². The molecule has 0 atom stereocenters. The number of ether oxygens (including phenoxy) is 1. The van der Waals surface area contributed by atoms with E-state index in [-0.39, 0.29) is 18.2 Å². The van der Waals surface area contributed by atoms with E-state index in [4.69, 9.17) is 11.6 Å². The van der Waals surface area contributed by atoms with Crippen molar-refractivity contribution in [1.82, 2.24) is 4.98 Å². The first-order chi connectivity index (χ1) is 8.78. The van der Waals surface area contributed by atoms with Crippen LogP contribution in [0.5, 0.6) is 0 Å². The highest BCUT2D eigenvalue weighted by atomic mass is 35.5. The minimum atomic E-state index is -4.39. The SMILES string of the molecule is Cc1cnc(Cl)c(NC(=O)CCOCC(F)(F)F)c1. The van der Waals surface area contributed by atoms with Crippen LogP contribution in [-0.4, -0.2) is 30.3 Å². The molecule has 0 fully saturated rings. The number of carbonyl (C=O) groups excluding carboxylic acids is 1. The lowest BCUT2D eigenvalue weighted by atomic mass is 10.3. The summed E-state index contributed by atoms with van der Waals surface area (Å²) in [7, 11) is 0. The molecule has 19 heavy (non-hydrogen) atoms. The number of nitrogens with zero attached hydrogens (tertiary/aromatic N) is 1. The van der Waals surface area contributed by atoms with Crippen LogP contribution in [0, 0.1) is 6.92 Å². The van der Waals surface area contributed by atoms with E-state index in [1.165, 1.54) is 6.20 Å². The van der Waals surface area contributed by atoms with Crippen molar-refractivity contribution in [2.75, 3.05) is 18.5 Å². The Hall–Kier alpha value is -1.34. The molecule has 0 bridgehead atoms. The molecule has 1 rings (SSSR count). The maximum atomic E-state index is 11.8. The Labute approximate surface area is 112 Å². The zero-order valence-corrected chi connectivity index (χ0v) is 10.8. The fourth-order valence-electron chi connectivity index (χ4n) is 1.21. The zero-order valence-electron chi connectivity index (χ0n) is 10.1. The number of halogens is 4. The Balaban J connectivity index is 2.37. The predicted octanol–water partition coefficient (Wildman–Crippen LogP) is 2.95. The molecule has 1 heterocycles. The van der Waals surface area contributed by atoms with Gasteiger partial charge in [-0.2, -0.15) is 13.2 Å². The Morgan fingerprint density at radius 1 is 1.53 bits per heavy atom. The normalized spacial score (nSPS) is 11.4. The number of aryl methyl sites for hydroxylation is 1. The summed E-state index contributed by atoms with van der Waals surface area (Å²) in [5.74, 6) is -0.489. The molecule has 1 aromatic rings. The molecule has 0 aliphatic heterocycles. The lowest BCUT2D eigenvalue weighted by Gasteiger charge is -2.09. The maximum absolute atomic E-state index is 11.8.